The molecule has 2 aromatic heterocycles. The van der Waals surface area contributed by atoms with Gasteiger partial charge in [0.15, 0.2) is 17.5 Å². The molecule has 6 nitrogen and oxygen atoms in total. The number of hydrogen-bond acceptors (Lipinski definition) is 6. The van der Waals surface area contributed by atoms with E-state index in [0.29, 0.717) is 17.3 Å². The van der Waals surface area contributed by atoms with E-state index in [1.165, 1.54) is 11.8 Å². The Morgan fingerprint density at radius 2 is 2.03 bits per heavy atom. The summed E-state index contributed by atoms with van der Waals surface area (Å²) in [6.07, 6.45) is 0. The van der Waals surface area contributed by atoms with Gasteiger partial charge in [-0.3, -0.25) is 4.79 Å². The van der Waals surface area contributed by atoms with Crippen LogP contribution in [0.2, 0.25) is 5.02 Å². The Labute approximate surface area is 176 Å². The van der Waals surface area contributed by atoms with Gasteiger partial charge < -0.3 is 13.8 Å². The summed E-state index contributed by atoms with van der Waals surface area (Å²) >= 11 is 7.46. The lowest BCUT2D eigenvalue weighted by Crippen LogP contribution is -2.08. The molecule has 0 unspecified atom stereocenters. The predicted molar refractivity (Wildman–Crippen MR) is 112 cm³/mol. The summed E-state index contributed by atoms with van der Waals surface area (Å²) in [7, 11) is 0. The molecule has 0 bridgehead atoms. The number of imidazole rings is 1. The number of ether oxygens (including phenoxy) is 1. The van der Waals surface area contributed by atoms with Gasteiger partial charge in [0.05, 0.1) is 29.0 Å². The van der Waals surface area contributed by atoms with Gasteiger partial charge in [-0.2, -0.15) is 0 Å². The van der Waals surface area contributed by atoms with Gasteiger partial charge in [-0.15, -0.1) is 0 Å². The summed E-state index contributed by atoms with van der Waals surface area (Å²) in [5.41, 5.74) is 3.65. The smallest absolute Gasteiger partial charge is 0.316 e. The lowest BCUT2D eigenvalue weighted by molar-refractivity contribution is -0.142. The highest BCUT2D eigenvalue weighted by Gasteiger charge is 2.15. The number of nitrogens with zero attached hydrogens (tertiary/aromatic N) is 3. The predicted octanol–water partition coefficient (Wildman–Crippen LogP) is 4.87. The molecule has 2 heterocycles. The lowest BCUT2D eigenvalue weighted by atomic mass is 10.2. The molecule has 0 aliphatic rings. The van der Waals surface area contributed by atoms with Crippen molar-refractivity contribution in [3.8, 4) is 0 Å². The first-order chi connectivity index (χ1) is 14.1. The van der Waals surface area contributed by atoms with Gasteiger partial charge >= 0.3 is 5.97 Å². The fourth-order valence-corrected chi connectivity index (χ4v) is 3.89. The Morgan fingerprint density at radius 1 is 1.21 bits per heavy atom. The third kappa shape index (κ3) is 4.81. The molecular weight excluding hydrogens is 410 g/mol. The molecule has 2 aromatic carbocycles. The normalized spacial score (nSPS) is 11.1. The van der Waals surface area contributed by atoms with E-state index in [2.05, 4.69) is 26.8 Å². The molecule has 8 heteroatoms. The van der Waals surface area contributed by atoms with Crippen LogP contribution >= 0.6 is 23.4 Å². The van der Waals surface area contributed by atoms with Crippen molar-refractivity contribution in [1.82, 2.24) is 14.7 Å². The molecule has 0 radical (unpaired) electrons. The highest BCUT2D eigenvalue weighted by molar-refractivity contribution is 7.99. The van der Waals surface area contributed by atoms with Gasteiger partial charge in [-0.05, 0) is 30.7 Å². The van der Waals surface area contributed by atoms with Gasteiger partial charge in [0.1, 0.15) is 0 Å². The summed E-state index contributed by atoms with van der Waals surface area (Å²) in [4.78, 5) is 16.8. The first-order valence-corrected chi connectivity index (χ1v) is 10.3. The second-order valence-electron chi connectivity index (χ2n) is 6.48. The monoisotopic (exact) mass is 427 g/mol. The Morgan fingerprint density at radius 3 is 2.79 bits per heavy atom. The zero-order valence-electron chi connectivity index (χ0n) is 15.7. The summed E-state index contributed by atoms with van der Waals surface area (Å²) < 4.78 is 12.4. The number of aryl methyl sites for hydroxylation is 1. The van der Waals surface area contributed by atoms with Crippen LogP contribution in [0.15, 0.2) is 64.3 Å². The number of hydrogen-bond donors (Lipinski definition) is 0. The van der Waals surface area contributed by atoms with Crippen molar-refractivity contribution < 1.29 is 14.1 Å². The van der Waals surface area contributed by atoms with Crippen LogP contribution in [0.1, 0.15) is 17.0 Å². The van der Waals surface area contributed by atoms with E-state index in [-0.39, 0.29) is 18.3 Å². The summed E-state index contributed by atoms with van der Waals surface area (Å²) in [6, 6.07) is 17.5. The Balaban J connectivity index is 1.49. The van der Waals surface area contributed by atoms with E-state index < -0.39 is 0 Å². The molecule has 0 spiro atoms. The minimum absolute atomic E-state index is 0.0657. The topological polar surface area (TPSA) is 70.2 Å². The number of rotatable bonds is 7. The van der Waals surface area contributed by atoms with Crippen LogP contribution in [-0.2, 0) is 22.7 Å². The van der Waals surface area contributed by atoms with E-state index in [0.717, 1.165) is 27.4 Å². The summed E-state index contributed by atoms with van der Waals surface area (Å²) in [5.74, 6) is 0.311. The Bertz CT molecular complexity index is 1140. The molecule has 0 fully saturated rings. The molecule has 0 aliphatic heterocycles. The van der Waals surface area contributed by atoms with Gasteiger partial charge in [0, 0.05) is 11.1 Å². The second kappa shape index (κ2) is 8.71. The molecule has 0 aliphatic carbocycles. The standard InChI is InChI=1S/C21H18ClN3O3S/c1-14-9-17(28-24-14)12-27-20(26)13-29-21-23-18-10-16(22)7-8-19(18)25(21)11-15-5-3-2-4-6-15/h2-10H,11-13H2,1H3. The van der Waals surface area contributed by atoms with Crippen molar-refractivity contribution in [2.45, 2.75) is 25.2 Å². The number of esters is 1. The van der Waals surface area contributed by atoms with E-state index in [1.807, 2.05) is 43.3 Å². The third-order valence-corrected chi connectivity index (χ3v) is 5.42. The van der Waals surface area contributed by atoms with Crippen LogP contribution in [0.5, 0.6) is 0 Å². The highest BCUT2D eigenvalue weighted by atomic mass is 35.5. The van der Waals surface area contributed by atoms with Crippen molar-refractivity contribution in [3.63, 3.8) is 0 Å². The Kier molecular flexibility index (Phi) is 5.87. The zero-order chi connectivity index (χ0) is 20.2. The van der Waals surface area contributed by atoms with Crippen molar-refractivity contribution in [3.05, 3.63) is 76.6 Å². The fraction of sp³-hybridized carbons (Fsp3) is 0.190. The number of aromatic nitrogens is 3. The van der Waals surface area contributed by atoms with Crippen LogP contribution in [0, 0.1) is 6.92 Å². The van der Waals surface area contributed by atoms with Crippen molar-refractivity contribution in [2.75, 3.05) is 5.75 Å². The van der Waals surface area contributed by atoms with Gasteiger partial charge in [-0.25, -0.2) is 4.98 Å². The van der Waals surface area contributed by atoms with Crippen LogP contribution in [0.4, 0.5) is 0 Å². The maximum atomic E-state index is 12.2. The molecular formula is C21H18ClN3O3S. The second-order valence-corrected chi connectivity index (χ2v) is 7.86. The Hall–Kier alpha value is -2.77. The quantitative estimate of drug-likeness (QED) is 0.309. The SMILES string of the molecule is Cc1cc(COC(=O)CSc2nc3cc(Cl)ccc3n2Cc2ccccc2)on1. The molecule has 4 rings (SSSR count). The maximum Gasteiger partial charge on any atom is 0.316 e. The molecule has 0 atom stereocenters. The molecule has 0 N–H and O–H groups in total. The average molecular weight is 428 g/mol. The lowest BCUT2D eigenvalue weighted by Gasteiger charge is -2.09. The molecule has 0 saturated carbocycles. The molecule has 4 aromatic rings. The van der Waals surface area contributed by atoms with Gasteiger partial charge in [-0.1, -0.05) is 58.9 Å². The number of carbonyl (C=O) groups excluding carboxylic acids is 1. The average Bonchev–Trinajstić information content (AvgIpc) is 3.28. The summed E-state index contributed by atoms with van der Waals surface area (Å²) in [6.45, 7) is 2.53. The first-order valence-electron chi connectivity index (χ1n) is 8.99. The molecule has 0 saturated heterocycles. The van der Waals surface area contributed by atoms with Gasteiger partial charge in [0.25, 0.3) is 0 Å². The number of fused-ring (bicyclic) bond motifs is 1. The molecule has 148 valence electrons. The van der Waals surface area contributed by atoms with E-state index in [4.69, 9.17) is 20.9 Å². The number of benzene rings is 2. The first kappa shape index (κ1) is 19.5. The third-order valence-electron chi connectivity index (χ3n) is 4.23. The molecule has 0 amide bonds. The van der Waals surface area contributed by atoms with Crippen LogP contribution in [0.25, 0.3) is 11.0 Å². The van der Waals surface area contributed by atoms with Gasteiger partial charge in [0.2, 0.25) is 0 Å². The van der Waals surface area contributed by atoms with Crippen LogP contribution < -0.4 is 0 Å². The minimum Gasteiger partial charge on any atom is -0.457 e. The largest absolute Gasteiger partial charge is 0.457 e. The van der Waals surface area contributed by atoms with Crippen molar-refractivity contribution in [2.24, 2.45) is 0 Å². The highest BCUT2D eigenvalue weighted by Crippen LogP contribution is 2.27. The van der Waals surface area contributed by atoms with Crippen molar-refractivity contribution >= 4 is 40.4 Å². The van der Waals surface area contributed by atoms with Crippen LogP contribution in [0.3, 0.4) is 0 Å². The zero-order valence-corrected chi connectivity index (χ0v) is 17.2. The minimum atomic E-state index is -0.347. The summed E-state index contributed by atoms with van der Waals surface area (Å²) in [5, 5.41) is 5.14. The maximum absolute atomic E-state index is 12.2. The van der Waals surface area contributed by atoms with Crippen molar-refractivity contribution in [1.29, 1.82) is 0 Å². The van der Waals surface area contributed by atoms with E-state index in [1.54, 1.807) is 6.07 Å². The van der Waals surface area contributed by atoms with E-state index in [9.17, 15) is 4.79 Å². The number of thioether (sulfide) groups is 1. The van der Waals surface area contributed by atoms with Crippen LogP contribution in [-0.4, -0.2) is 26.4 Å². The molecule has 29 heavy (non-hydrogen) atoms. The number of halogens is 1. The fourth-order valence-electron chi connectivity index (χ4n) is 2.91. The number of carbonyl (C=O) groups is 1. The van der Waals surface area contributed by atoms with E-state index >= 15 is 0 Å².